The summed E-state index contributed by atoms with van der Waals surface area (Å²) in [5.41, 5.74) is 6.52. The van der Waals surface area contributed by atoms with Crippen LogP contribution in [-0.2, 0) is 0 Å². The molecule has 0 N–H and O–H groups in total. The third kappa shape index (κ3) is 4.17. The number of benzene rings is 3. The van der Waals surface area contributed by atoms with Crippen molar-refractivity contribution in [1.29, 1.82) is 0 Å². The summed E-state index contributed by atoms with van der Waals surface area (Å²) in [5, 5.41) is 10.7. The van der Waals surface area contributed by atoms with Gasteiger partial charge in [0.2, 0.25) is 5.89 Å². The molecular formula is C24H19N3O3. The molecule has 0 aliphatic rings. The predicted molar refractivity (Wildman–Crippen MR) is 119 cm³/mol. The van der Waals surface area contributed by atoms with Crippen molar-refractivity contribution in [2.24, 2.45) is 4.99 Å². The van der Waals surface area contributed by atoms with Crippen LogP contribution in [0, 0.1) is 24.0 Å². The van der Waals surface area contributed by atoms with Crippen molar-refractivity contribution >= 4 is 34.8 Å². The molecular weight excluding hydrogens is 378 g/mol. The van der Waals surface area contributed by atoms with Gasteiger partial charge in [-0.15, -0.1) is 0 Å². The van der Waals surface area contributed by atoms with Crippen LogP contribution in [0.2, 0.25) is 0 Å². The fourth-order valence-electron chi connectivity index (χ4n) is 3.01. The van der Waals surface area contributed by atoms with Crippen LogP contribution in [0.5, 0.6) is 0 Å². The molecule has 148 valence electrons. The molecule has 0 atom stereocenters. The monoisotopic (exact) mass is 397 g/mol. The van der Waals surface area contributed by atoms with Gasteiger partial charge in [-0.05, 0) is 79.1 Å². The highest BCUT2D eigenvalue weighted by Crippen LogP contribution is 2.28. The highest BCUT2D eigenvalue weighted by atomic mass is 16.6. The van der Waals surface area contributed by atoms with E-state index in [0.29, 0.717) is 5.89 Å². The second-order valence-electron chi connectivity index (χ2n) is 6.96. The Kier molecular flexibility index (Phi) is 5.22. The molecule has 6 heteroatoms. The fourth-order valence-corrected chi connectivity index (χ4v) is 3.01. The summed E-state index contributed by atoms with van der Waals surface area (Å²) in [4.78, 5) is 19.3. The Morgan fingerprint density at radius 1 is 1.03 bits per heavy atom. The lowest BCUT2D eigenvalue weighted by atomic mass is 10.1. The molecule has 0 fully saturated rings. The number of aromatic nitrogens is 1. The van der Waals surface area contributed by atoms with Crippen LogP contribution in [0.3, 0.4) is 0 Å². The molecule has 1 heterocycles. The molecule has 4 rings (SSSR count). The number of non-ortho nitro benzene ring substituents is 1. The Morgan fingerprint density at radius 3 is 2.57 bits per heavy atom. The number of fused-ring (bicyclic) bond motifs is 1. The van der Waals surface area contributed by atoms with Crippen molar-refractivity contribution in [3.8, 4) is 11.5 Å². The van der Waals surface area contributed by atoms with Crippen LogP contribution >= 0.6 is 0 Å². The van der Waals surface area contributed by atoms with Crippen LogP contribution in [0.15, 0.2) is 76.1 Å². The minimum absolute atomic E-state index is 0.0714. The number of hydrogen-bond acceptors (Lipinski definition) is 5. The van der Waals surface area contributed by atoms with Crippen molar-refractivity contribution in [2.75, 3.05) is 0 Å². The normalized spacial score (nSPS) is 11.7. The summed E-state index contributed by atoms with van der Waals surface area (Å²) in [7, 11) is 0. The number of nitro benzene ring substituents is 1. The highest BCUT2D eigenvalue weighted by Gasteiger charge is 2.10. The Bertz CT molecular complexity index is 1250. The number of nitro groups is 1. The Balaban J connectivity index is 1.51. The number of nitrogens with zero attached hydrogens (tertiary/aromatic N) is 3. The van der Waals surface area contributed by atoms with E-state index >= 15 is 0 Å². The predicted octanol–water partition coefficient (Wildman–Crippen LogP) is 6.44. The lowest BCUT2D eigenvalue weighted by molar-refractivity contribution is -0.384. The van der Waals surface area contributed by atoms with Gasteiger partial charge >= 0.3 is 0 Å². The maximum Gasteiger partial charge on any atom is 0.269 e. The zero-order valence-electron chi connectivity index (χ0n) is 16.6. The summed E-state index contributed by atoms with van der Waals surface area (Å²) < 4.78 is 5.93. The topological polar surface area (TPSA) is 81.5 Å². The van der Waals surface area contributed by atoms with Gasteiger partial charge < -0.3 is 4.42 Å². The zero-order chi connectivity index (χ0) is 21.1. The van der Waals surface area contributed by atoms with E-state index < -0.39 is 4.92 Å². The van der Waals surface area contributed by atoms with Crippen molar-refractivity contribution in [3.63, 3.8) is 0 Å². The van der Waals surface area contributed by atoms with Crippen LogP contribution in [0.4, 0.5) is 11.4 Å². The Hall–Kier alpha value is -4.06. The maximum absolute atomic E-state index is 10.7. The summed E-state index contributed by atoms with van der Waals surface area (Å²) in [6, 6.07) is 18.0. The second kappa shape index (κ2) is 8.13. The van der Waals surface area contributed by atoms with Crippen LogP contribution in [0.1, 0.15) is 16.7 Å². The quantitative estimate of drug-likeness (QED) is 0.220. The van der Waals surface area contributed by atoms with Crippen molar-refractivity contribution in [1.82, 2.24) is 4.98 Å². The standard InChI is InChI=1S/C24H19N3O3/c1-16-13-22-23(14-17(16)2)30-24(26-22)19-6-3-7-20(15-19)25-12-4-5-18-8-10-21(11-9-18)27(28)29/h3-15H,1-2H3/b5-4+,25-12?. The second-order valence-corrected chi connectivity index (χ2v) is 6.96. The van der Waals surface area contributed by atoms with E-state index in [-0.39, 0.29) is 5.69 Å². The molecule has 0 unspecified atom stereocenters. The molecule has 0 spiro atoms. The zero-order valence-corrected chi connectivity index (χ0v) is 16.6. The maximum atomic E-state index is 10.7. The molecule has 3 aromatic carbocycles. The lowest BCUT2D eigenvalue weighted by Crippen LogP contribution is -1.86. The van der Waals surface area contributed by atoms with Gasteiger partial charge in [-0.25, -0.2) is 4.98 Å². The first-order valence-corrected chi connectivity index (χ1v) is 9.43. The Labute approximate surface area is 173 Å². The summed E-state index contributed by atoms with van der Waals surface area (Å²) in [6.45, 7) is 4.11. The van der Waals surface area contributed by atoms with Gasteiger partial charge in [-0.1, -0.05) is 12.1 Å². The van der Waals surface area contributed by atoms with E-state index in [9.17, 15) is 10.1 Å². The molecule has 1 aromatic heterocycles. The molecule has 0 saturated carbocycles. The first-order chi connectivity index (χ1) is 14.5. The van der Waals surface area contributed by atoms with Gasteiger partial charge in [0.05, 0.1) is 10.6 Å². The third-order valence-corrected chi connectivity index (χ3v) is 4.80. The molecule has 0 aliphatic carbocycles. The highest BCUT2D eigenvalue weighted by molar-refractivity contribution is 5.81. The van der Waals surface area contributed by atoms with E-state index in [1.165, 1.54) is 23.3 Å². The van der Waals surface area contributed by atoms with Crippen molar-refractivity contribution in [2.45, 2.75) is 13.8 Å². The molecule has 0 radical (unpaired) electrons. The first kappa shape index (κ1) is 19.3. The summed E-state index contributed by atoms with van der Waals surface area (Å²) >= 11 is 0. The molecule has 0 aliphatic heterocycles. The van der Waals surface area contributed by atoms with Crippen molar-refractivity contribution in [3.05, 3.63) is 93.5 Å². The molecule has 0 saturated heterocycles. The number of allylic oxidation sites excluding steroid dienone is 1. The lowest BCUT2D eigenvalue weighted by Gasteiger charge is -1.97. The number of hydrogen-bond donors (Lipinski definition) is 0. The molecule has 0 bridgehead atoms. The van der Waals surface area contributed by atoms with E-state index in [2.05, 4.69) is 23.8 Å². The fraction of sp³-hybridized carbons (Fsp3) is 0.0833. The number of aryl methyl sites for hydroxylation is 2. The summed E-state index contributed by atoms with van der Waals surface area (Å²) in [6.07, 6.45) is 5.31. The molecule has 6 nitrogen and oxygen atoms in total. The van der Waals surface area contributed by atoms with Gasteiger partial charge in [0, 0.05) is 23.9 Å². The third-order valence-electron chi connectivity index (χ3n) is 4.80. The van der Waals surface area contributed by atoms with Crippen LogP contribution < -0.4 is 0 Å². The van der Waals surface area contributed by atoms with Gasteiger partial charge in [-0.2, -0.15) is 0 Å². The first-order valence-electron chi connectivity index (χ1n) is 9.43. The molecule has 0 amide bonds. The van der Waals surface area contributed by atoms with Crippen molar-refractivity contribution < 1.29 is 9.34 Å². The number of aliphatic imine (C=N–C) groups is 1. The van der Waals surface area contributed by atoms with Gasteiger partial charge in [0.15, 0.2) is 5.58 Å². The molecule has 30 heavy (non-hydrogen) atoms. The average Bonchev–Trinajstić information content (AvgIpc) is 3.15. The SMILES string of the molecule is Cc1cc2nc(-c3cccc(N=C/C=C/c4ccc([N+](=O)[O-])cc4)c3)oc2cc1C. The van der Waals surface area contributed by atoms with Gasteiger partial charge in [-0.3, -0.25) is 15.1 Å². The average molecular weight is 397 g/mol. The van der Waals surface area contributed by atoms with Gasteiger partial charge in [0.25, 0.3) is 5.69 Å². The minimum Gasteiger partial charge on any atom is -0.436 e. The van der Waals surface area contributed by atoms with Gasteiger partial charge in [0.1, 0.15) is 5.52 Å². The molecule has 4 aromatic rings. The van der Waals surface area contributed by atoms with E-state index in [1.807, 2.05) is 42.5 Å². The van der Waals surface area contributed by atoms with E-state index in [4.69, 9.17) is 4.42 Å². The smallest absolute Gasteiger partial charge is 0.269 e. The Morgan fingerprint density at radius 2 is 1.80 bits per heavy atom. The summed E-state index contributed by atoms with van der Waals surface area (Å²) in [5.74, 6) is 0.563. The minimum atomic E-state index is -0.416. The van der Waals surface area contributed by atoms with E-state index in [0.717, 1.165) is 27.9 Å². The number of oxazole rings is 1. The van der Waals surface area contributed by atoms with Crippen LogP contribution in [0.25, 0.3) is 28.6 Å². The largest absolute Gasteiger partial charge is 0.436 e. The van der Waals surface area contributed by atoms with Crippen LogP contribution in [-0.4, -0.2) is 16.1 Å². The van der Waals surface area contributed by atoms with E-state index in [1.54, 1.807) is 24.4 Å². The number of rotatable bonds is 5.